The van der Waals surface area contributed by atoms with Gasteiger partial charge >= 0.3 is 18.3 Å². The van der Waals surface area contributed by atoms with Crippen LogP contribution in [-0.2, 0) is 6.54 Å². The number of carboxylic acid groups (broad SMARTS) is 3. The Kier molecular flexibility index (Phi) is 10.7. The van der Waals surface area contributed by atoms with Crippen LogP contribution in [0.25, 0.3) is 0 Å². The van der Waals surface area contributed by atoms with Crippen LogP contribution in [0.5, 0.6) is 0 Å². The molecule has 1 unspecified atom stereocenters. The van der Waals surface area contributed by atoms with Gasteiger partial charge in [0.25, 0.3) is 0 Å². The van der Waals surface area contributed by atoms with Crippen molar-refractivity contribution in [3.63, 3.8) is 0 Å². The molecule has 1 saturated heterocycles. The van der Waals surface area contributed by atoms with Crippen molar-refractivity contribution in [2.45, 2.75) is 45.2 Å². The molecule has 190 valence electrons. The highest BCUT2D eigenvalue weighted by Gasteiger charge is 2.21. The van der Waals surface area contributed by atoms with E-state index in [1.807, 2.05) is 31.2 Å². The third kappa shape index (κ3) is 8.97. The summed E-state index contributed by atoms with van der Waals surface area (Å²) < 4.78 is 0. The summed E-state index contributed by atoms with van der Waals surface area (Å²) in [5.74, 6) is 0. The first kappa shape index (κ1) is 27.0. The average molecular weight is 480 g/mol. The standard InChI is InChI=1S/C23H37N5O6/c1-18-9-16-27(23(33)34)14-3-12-25(21(29)30)10-2-11-26(22(31)32)13-4-15-28(18)17-19-5-7-20(24)8-6-19/h5-8,18H,2-4,9-17,24H2,1H3,(H,29,30)(H,31,32)(H,33,34). The lowest BCUT2D eigenvalue weighted by Gasteiger charge is -2.32. The molecule has 1 aliphatic heterocycles. The first-order chi connectivity index (χ1) is 16.2. The number of carbonyl (C=O) groups is 3. The molecule has 1 fully saturated rings. The van der Waals surface area contributed by atoms with E-state index in [0.717, 1.165) is 5.56 Å². The second-order valence-electron chi connectivity index (χ2n) is 8.72. The fraction of sp³-hybridized carbons (Fsp3) is 0.609. The van der Waals surface area contributed by atoms with Gasteiger partial charge < -0.3 is 35.8 Å². The molecule has 11 heteroatoms. The number of nitrogen functional groups attached to an aromatic ring is 1. The van der Waals surface area contributed by atoms with Crippen LogP contribution in [0, 0.1) is 0 Å². The van der Waals surface area contributed by atoms with Gasteiger partial charge in [0.1, 0.15) is 0 Å². The van der Waals surface area contributed by atoms with Crippen molar-refractivity contribution in [2.75, 3.05) is 51.5 Å². The monoisotopic (exact) mass is 479 g/mol. The van der Waals surface area contributed by atoms with Gasteiger partial charge in [0.05, 0.1) is 0 Å². The lowest BCUT2D eigenvalue weighted by molar-refractivity contribution is 0.116. The van der Waals surface area contributed by atoms with Crippen molar-refractivity contribution in [1.29, 1.82) is 0 Å². The van der Waals surface area contributed by atoms with E-state index in [1.165, 1.54) is 14.7 Å². The van der Waals surface area contributed by atoms with Crippen LogP contribution in [0.15, 0.2) is 24.3 Å². The molecule has 1 aromatic carbocycles. The van der Waals surface area contributed by atoms with E-state index >= 15 is 0 Å². The van der Waals surface area contributed by atoms with Crippen LogP contribution in [0.2, 0.25) is 0 Å². The van der Waals surface area contributed by atoms with Gasteiger partial charge in [-0.1, -0.05) is 12.1 Å². The molecular weight excluding hydrogens is 442 g/mol. The highest BCUT2D eigenvalue weighted by Crippen LogP contribution is 2.15. The predicted molar refractivity (Wildman–Crippen MR) is 128 cm³/mol. The van der Waals surface area contributed by atoms with Gasteiger partial charge in [-0.05, 0) is 50.3 Å². The van der Waals surface area contributed by atoms with Crippen LogP contribution < -0.4 is 5.73 Å². The molecule has 34 heavy (non-hydrogen) atoms. The van der Waals surface area contributed by atoms with Gasteiger partial charge in [-0.3, -0.25) is 4.90 Å². The quantitative estimate of drug-likeness (QED) is 0.473. The molecule has 0 radical (unpaired) electrons. The van der Waals surface area contributed by atoms with Crippen LogP contribution in [0.4, 0.5) is 20.1 Å². The molecule has 0 saturated carbocycles. The second kappa shape index (κ2) is 13.5. The third-order valence-corrected chi connectivity index (χ3v) is 6.20. The average Bonchev–Trinajstić information content (AvgIpc) is 2.77. The number of benzene rings is 1. The van der Waals surface area contributed by atoms with Crippen molar-refractivity contribution in [3.8, 4) is 0 Å². The number of hydrogen-bond donors (Lipinski definition) is 4. The Bertz CT molecular complexity index is 806. The highest BCUT2D eigenvalue weighted by atomic mass is 16.4. The Morgan fingerprint density at radius 3 is 1.62 bits per heavy atom. The van der Waals surface area contributed by atoms with E-state index in [0.29, 0.717) is 57.5 Å². The lowest BCUT2D eigenvalue weighted by atomic mass is 10.1. The number of amides is 3. The summed E-state index contributed by atoms with van der Waals surface area (Å²) in [5, 5.41) is 28.6. The molecular formula is C23H37N5O6. The lowest BCUT2D eigenvalue weighted by Crippen LogP contribution is -2.42. The molecule has 0 bridgehead atoms. The summed E-state index contributed by atoms with van der Waals surface area (Å²) in [5.41, 5.74) is 7.55. The fourth-order valence-electron chi connectivity index (χ4n) is 4.12. The topological polar surface area (TPSA) is 151 Å². The molecule has 5 N–H and O–H groups in total. The Labute approximate surface area is 200 Å². The number of hydrogen-bond acceptors (Lipinski definition) is 5. The van der Waals surface area contributed by atoms with Gasteiger partial charge in [-0.15, -0.1) is 0 Å². The molecule has 0 spiro atoms. The summed E-state index contributed by atoms with van der Waals surface area (Å²) in [6.45, 7) is 4.90. The van der Waals surface area contributed by atoms with Gasteiger partial charge in [-0.25, -0.2) is 14.4 Å². The zero-order chi connectivity index (χ0) is 25.1. The maximum Gasteiger partial charge on any atom is 0.407 e. The Hall–Kier alpha value is -3.21. The SMILES string of the molecule is CC1CCN(C(=O)O)CCCN(C(=O)O)CCCN(C(=O)O)CCCN1Cc1ccc(N)cc1. The molecule has 11 nitrogen and oxygen atoms in total. The van der Waals surface area contributed by atoms with E-state index in [4.69, 9.17) is 5.73 Å². The first-order valence-corrected chi connectivity index (χ1v) is 11.7. The normalized spacial score (nSPS) is 20.1. The van der Waals surface area contributed by atoms with Crippen LogP contribution in [-0.4, -0.2) is 105 Å². The largest absolute Gasteiger partial charge is 0.465 e. The Morgan fingerprint density at radius 1 is 0.765 bits per heavy atom. The van der Waals surface area contributed by atoms with Gasteiger partial charge in [0.15, 0.2) is 0 Å². The van der Waals surface area contributed by atoms with E-state index in [2.05, 4.69) is 4.90 Å². The Balaban J connectivity index is 2.15. The van der Waals surface area contributed by atoms with Gasteiger partial charge in [-0.2, -0.15) is 0 Å². The minimum Gasteiger partial charge on any atom is -0.465 e. The molecule has 1 aromatic rings. The van der Waals surface area contributed by atoms with Crippen molar-refractivity contribution in [3.05, 3.63) is 29.8 Å². The summed E-state index contributed by atoms with van der Waals surface area (Å²) in [7, 11) is 0. The van der Waals surface area contributed by atoms with Crippen molar-refractivity contribution in [1.82, 2.24) is 19.6 Å². The van der Waals surface area contributed by atoms with Crippen LogP contribution in [0.1, 0.15) is 38.2 Å². The van der Waals surface area contributed by atoms with E-state index < -0.39 is 18.3 Å². The van der Waals surface area contributed by atoms with Crippen LogP contribution >= 0.6 is 0 Å². The van der Waals surface area contributed by atoms with Crippen molar-refractivity contribution >= 4 is 24.0 Å². The first-order valence-electron chi connectivity index (χ1n) is 11.7. The maximum atomic E-state index is 11.7. The molecule has 1 atom stereocenters. The summed E-state index contributed by atoms with van der Waals surface area (Å²) in [6.07, 6.45) is -1.14. The van der Waals surface area contributed by atoms with E-state index in [-0.39, 0.29) is 32.2 Å². The third-order valence-electron chi connectivity index (χ3n) is 6.20. The van der Waals surface area contributed by atoms with Crippen molar-refractivity contribution < 1.29 is 29.7 Å². The molecule has 1 aliphatic rings. The summed E-state index contributed by atoms with van der Waals surface area (Å²) >= 11 is 0. The zero-order valence-electron chi connectivity index (χ0n) is 19.8. The van der Waals surface area contributed by atoms with E-state index in [1.54, 1.807) is 0 Å². The number of anilines is 1. The minimum atomic E-state index is -1.09. The predicted octanol–water partition coefficient (Wildman–Crippen LogP) is 2.97. The second-order valence-corrected chi connectivity index (χ2v) is 8.72. The van der Waals surface area contributed by atoms with Gasteiger partial charge in [0.2, 0.25) is 0 Å². The summed E-state index contributed by atoms with van der Waals surface area (Å²) in [6, 6.07) is 7.66. The number of nitrogens with zero attached hydrogens (tertiary/aromatic N) is 4. The Morgan fingerprint density at radius 2 is 1.18 bits per heavy atom. The maximum absolute atomic E-state index is 11.7. The molecule has 3 amide bonds. The molecule has 0 aliphatic carbocycles. The fourth-order valence-corrected chi connectivity index (χ4v) is 4.12. The molecule has 2 rings (SSSR count). The van der Waals surface area contributed by atoms with E-state index in [9.17, 15) is 29.7 Å². The highest BCUT2D eigenvalue weighted by molar-refractivity contribution is 5.66. The molecule has 0 aromatic heterocycles. The zero-order valence-corrected chi connectivity index (χ0v) is 19.8. The van der Waals surface area contributed by atoms with Gasteiger partial charge in [0, 0.05) is 64.1 Å². The van der Waals surface area contributed by atoms with Crippen LogP contribution in [0.3, 0.4) is 0 Å². The summed E-state index contributed by atoms with van der Waals surface area (Å²) in [4.78, 5) is 41.1. The van der Waals surface area contributed by atoms with Crippen molar-refractivity contribution in [2.24, 2.45) is 0 Å². The smallest absolute Gasteiger partial charge is 0.407 e. The number of rotatable bonds is 2. The minimum absolute atomic E-state index is 0.0566. The number of nitrogens with two attached hydrogens (primary N) is 1. The molecule has 1 heterocycles.